The van der Waals surface area contributed by atoms with Crippen molar-refractivity contribution in [2.75, 3.05) is 20.6 Å². The van der Waals surface area contributed by atoms with Gasteiger partial charge in [0, 0.05) is 6.54 Å². The maximum absolute atomic E-state index is 2.35. The van der Waals surface area contributed by atoms with E-state index in [0.717, 1.165) is 13.0 Å². The Kier molecular flexibility index (Phi) is 2.69. The van der Waals surface area contributed by atoms with E-state index < -0.39 is 0 Å². The van der Waals surface area contributed by atoms with Gasteiger partial charge in [-0.3, -0.25) is 0 Å². The fourth-order valence-electron chi connectivity index (χ4n) is 1.88. The SMILES string of the molecule is CN(C)CCC1=Cc2ccccc2C1. The summed E-state index contributed by atoms with van der Waals surface area (Å²) < 4.78 is 0. The highest BCUT2D eigenvalue weighted by atomic mass is 15.0. The zero-order valence-electron chi connectivity index (χ0n) is 8.96. The highest BCUT2D eigenvalue weighted by Crippen LogP contribution is 2.26. The van der Waals surface area contributed by atoms with Crippen molar-refractivity contribution in [3.8, 4) is 0 Å². The third-order valence-electron chi connectivity index (χ3n) is 2.71. The first-order valence-electron chi connectivity index (χ1n) is 5.18. The monoisotopic (exact) mass is 187 g/mol. The molecular weight excluding hydrogens is 170 g/mol. The Labute approximate surface area is 86.1 Å². The zero-order valence-corrected chi connectivity index (χ0v) is 8.96. The minimum atomic E-state index is 1.15. The van der Waals surface area contributed by atoms with Crippen LogP contribution in [-0.4, -0.2) is 25.5 Å². The van der Waals surface area contributed by atoms with Gasteiger partial charge in [0.15, 0.2) is 0 Å². The Morgan fingerprint density at radius 3 is 2.71 bits per heavy atom. The lowest BCUT2D eigenvalue weighted by atomic mass is 10.1. The lowest BCUT2D eigenvalue weighted by Gasteiger charge is -2.09. The van der Waals surface area contributed by atoms with Gasteiger partial charge >= 0.3 is 0 Å². The van der Waals surface area contributed by atoms with Crippen LogP contribution in [0.4, 0.5) is 0 Å². The number of hydrogen-bond acceptors (Lipinski definition) is 1. The molecule has 1 nitrogen and oxygen atoms in total. The molecule has 0 radical (unpaired) electrons. The number of nitrogens with zero attached hydrogens (tertiary/aromatic N) is 1. The van der Waals surface area contributed by atoms with E-state index in [4.69, 9.17) is 0 Å². The van der Waals surface area contributed by atoms with Crippen LogP contribution in [0.15, 0.2) is 29.8 Å². The van der Waals surface area contributed by atoms with E-state index in [-0.39, 0.29) is 0 Å². The summed E-state index contributed by atoms with van der Waals surface area (Å²) in [5.74, 6) is 0. The van der Waals surface area contributed by atoms with Gasteiger partial charge in [0.25, 0.3) is 0 Å². The average Bonchev–Trinajstić information content (AvgIpc) is 2.57. The molecule has 0 saturated carbocycles. The first-order valence-corrected chi connectivity index (χ1v) is 5.18. The van der Waals surface area contributed by atoms with Crippen LogP contribution in [0, 0.1) is 0 Å². The number of benzene rings is 1. The predicted octanol–water partition coefficient (Wildman–Crippen LogP) is 2.58. The second-order valence-electron chi connectivity index (χ2n) is 4.23. The summed E-state index contributed by atoms with van der Waals surface area (Å²) in [6, 6.07) is 8.68. The maximum Gasteiger partial charge on any atom is 0.00127 e. The van der Waals surface area contributed by atoms with Gasteiger partial charge in [-0.1, -0.05) is 35.9 Å². The third kappa shape index (κ3) is 2.05. The van der Waals surface area contributed by atoms with Crippen LogP contribution in [0.2, 0.25) is 0 Å². The van der Waals surface area contributed by atoms with Crippen molar-refractivity contribution in [3.63, 3.8) is 0 Å². The second kappa shape index (κ2) is 3.97. The first kappa shape index (κ1) is 9.47. The predicted molar refractivity (Wildman–Crippen MR) is 61.3 cm³/mol. The van der Waals surface area contributed by atoms with Crippen molar-refractivity contribution in [2.45, 2.75) is 12.8 Å². The van der Waals surface area contributed by atoms with Gasteiger partial charge in [-0.05, 0) is 38.1 Å². The fourth-order valence-corrected chi connectivity index (χ4v) is 1.88. The Bertz CT molecular complexity index is 350. The van der Waals surface area contributed by atoms with E-state index in [1.165, 1.54) is 17.5 Å². The van der Waals surface area contributed by atoms with Gasteiger partial charge in [-0.15, -0.1) is 0 Å². The number of hydrogen-bond donors (Lipinski definition) is 0. The molecule has 0 saturated heterocycles. The van der Waals surface area contributed by atoms with Crippen LogP contribution in [0.3, 0.4) is 0 Å². The highest BCUT2D eigenvalue weighted by molar-refractivity contribution is 5.63. The summed E-state index contributed by atoms with van der Waals surface area (Å²) in [5, 5.41) is 0. The van der Waals surface area contributed by atoms with E-state index in [2.05, 4.69) is 49.3 Å². The lowest BCUT2D eigenvalue weighted by Crippen LogP contribution is -2.13. The molecule has 0 aliphatic heterocycles. The molecule has 0 spiro atoms. The van der Waals surface area contributed by atoms with E-state index in [0.29, 0.717) is 0 Å². The Morgan fingerprint density at radius 2 is 2.00 bits per heavy atom. The van der Waals surface area contributed by atoms with E-state index in [1.54, 1.807) is 5.57 Å². The summed E-state index contributed by atoms with van der Waals surface area (Å²) in [4.78, 5) is 2.24. The van der Waals surface area contributed by atoms with Crippen molar-refractivity contribution in [3.05, 3.63) is 41.0 Å². The molecule has 0 amide bonds. The third-order valence-corrected chi connectivity index (χ3v) is 2.71. The smallest absolute Gasteiger partial charge is 0.00127 e. The first-order chi connectivity index (χ1) is 6.75. The van der Waals surface area contributed by atoms with Gasteiger partial charge in [-0.2, -0.15) is 0 Å². The highest BCUT2D eigenvalue weighted by Gasteiger charge is 2.11. The fraction of sp³-hybridized carbons (Fsp3) is 0.385. The molecule has 1 heteroatoms. The molecule has 0 heterocycles. The molecule has 0 N–H and O–H groups in total. The van der Waals surface area contributed by atoms with Crippen molar-refractivity contribution >= 4 is 6.08 Å². The summed E-state index contributed by atoms with van der Waals surface area (Å²) in [7, 11) is 4.26. The maximum atomic E-state index is 2.35. The quantitative estimate of drug-likeness (QED) is 0.703. The lowest BCUT2D eigenvalue weighted by molar-refractivity contribution is 0.412. The standard InChI is InChI=1S/C13H17N/c1-14(2)8-7-11-9-12-5-3-4-6-13(12)10-11/h3-6,9H,7-8,10H2,1-2H3. The molecular formula is C13H17N. The summed E-state index contributed by atoms with van der Waals surface area (Å²) in [6.07, 6.45) is 4.70. The van der Waals surface area contributed by atoms with Crippen molar-refractivity contribution in [2.24, 2.45) is 0 Å². The molecule has 0 fully saturated rings. The molecule has 1 aromatic carbocycles. The van der Waals surface area contributed by atoms with Crippen LogP contribution in [0.1, 0.15) is 17.5 Å². The molecule has 74 valence electrons. The van der Waals surface area contributed by atoms with Gasteiger partial charge < -0.3 is 4.90 Å². The van der Waals surface area contributed by atoms with Crippen LogP contribution >= 0.6 is 0 Å². The van der Waals surface area contributed by atoms with Gasteiger partial charge in [0.2, 0.25) is 0 Å². The molecule has 2 rings (SSSR count). The molecule has 0 aromatic heterocycles. The molecule has 1 aliphatic carbocycles. The molecule has 0 unspecified atom stereocenters. The second-order valence-corrected chi connectivity index (χ2v) is 4.23. The zero-order chi connectivity index (χ0) is 9.97. The molecule has 1 aromatic rings. The Hall–Kier alpha value is -1.08. The van der Waals surface area contributed by atoms with Crippen molar-refractivity contribution < 1.29 is 0 Å². The summed E-state index contributed by atoms with van der Waals surface area (Å²) >= 11 is 0. The largest absolute Gasteiger partial charge is 0.309 e. The Balaban J connectivity index is 2.01. The van der Waals surface area contributed by atoms with Gasteiger partial charge in [0.05, 0.1) is 0 Å². The molecule has 1 aliphatic rings. The topological polar surface area (TPSA) is 3.24 Å². The minimum absolute atomic E-state index is 1.15. The van der Waals surface area contributed by atoms with Crippen LogP contribution in [0.5, 0.6) is 0 Å². The Morgan fingerprint density at radius 1 is 1.21 bits per heavy atom. The molecule has 0 atom stereocenters. The van der Waals surface area contributed by atoms with E-state index in [9.17, 15) is 0 Å². The van der Waals surface area contributed by atoms with Crippen LogP contribution < -0.4 is 0 Å². The molecule has 14 heavy (non-hydrogen) atoms. The molecule has 0 bridgehead atoms. The average molecular weight is 187 g/mol. The van der Waals surface area contributed by atoms with E-state index >= 15 is 0 Å². The van der Waals surface area contributed by atoms with Crippen molar-refractivity contribution in [1.29, 1.82) is 0 Å². The van der Waals surface area contributed by atoms with Crippen LogP contribution in [0.25, 0.3) is 6.08 Å². The van der Waals surface area contributed by atoms with Gasteiger partial charge in [-0.25, -0.2) is 0 Å². The number of fused-ring (bicyclic) bond motifs is 1. The minimum Gasteiger partial charge on any atom is -0.309 e. The number of rotatable bonds is 3. The van der Waals surface area contributed by atoms with Crippen LogP contribution in [-0.2, 0) is 6.42 Å². The van der Waals surface area contributed by atoms with Crippen molar-refractivity contribution in [1.82, 2.24) is 4.90 Å². The van der Waals surface area contributed by atoms with Gasteiger partial charge in [0.1, 0.15) is 0 Å². The normalized spacial score (nSPS) is 14.4. The van der Waals surface area contributed by atoms with E-state index in [1.807, 2.05) is 0 Å². The summed E-state index contributed by atoms with van der Waals surface area (Å²) in [5.41, 5.74) is 4.47. The summed E-state index contributed by atoms with van der Waals surface area (Å²) in [6.45, 7) is 1.15.